The summed E-state index contributed by atoms with van der Waals surface area (Å²) in [4.78, 5) is 8.34. The van der Waals surface area contributed by atoms with Gasteiger partial charge in [-0.15, -0.1) is 0 Å². The Morgan fingerprint density at radius 2 is 1.85 bits per heavy atom. The van der Waals surface area contributed by atoms with Crippen molar-refractivity contribution >= 4 is 23.0 Å². The quantitative estimate of drug-likeness (QED) is 0.345. The molecule has 0 spiro atoms. The lowest BCUT2D eigenvalue weighted by atomic mass is 9.97. The smallest absolute Gasteiger partial charge is 0.149 e. The van der Waals surface area contributed by atoms with E-state index in [1.54, 1.807) is 0 Å². The number of nitrogens with zero attached hydrogens (tertiary/aromatic N) is 2. The predicted octanol–water partition coefficient (Wildman–Crippen LogP) is 8.02. The van der Waals surface area contributed by atoms with Gasteiger partial charge in [0.15, 0.2) is 0 Å². The third-order valence-corrected chi connectivity index (χ3v) is 5.09. The highest BCUT2D eigenvalue weighted by Crippen LogP contribution is 2.30. The van der Waals surface area contributed by atoms with E-state index in [1.165, 1.54) is 24.4 Å². The van der Waals surface area contributed by atoms with Gasteiger partial charge in [-0.05, 0) is 30.5 Å². The first kappa shape index (κ1) is 24.3. The lowest BCUT2D eigenvalue weighted by molar-refractivity contribution is 0.302. The Labute approximate surface area is 198 Å². The number of rotatable bonds is 6. The lowest BCUT2D eigenvalue weighted by Gasteiger charge is -2.13. The first-order valence-corrected chi connectivity index (χ1v) is 11.2. The van der Waals surface area contributed by atoms with Gasteiger partial charge in [-0.3, -0.25) is 4.98 Å². The van der Waals surface area contributed by atoms with Crippen LogP contribution in [0.1, 0.15) is 37.8 Å². The number of ether oxygens (including phenoxy) is 1. The largest absolute Gasteiger partial charge is 0.487 e. The van der Waals surface area contributed by atoms with Crippen LogP contribution < -0.4 is 4.74 Å². The van der Waals surface area contributed by atoms with Crippen LogP contribution in [0.3, 0.4) is 0 Å². The summed E-state index contributed by atoms with van der Waals surface area (Å²) in [6, 6.07) is 13.6. The molecule has 0 fully saturated rings. The maximum absolute atomic E-state index is 14.9. The number of aromatic nitrogens is 1. The van der Waals surface area contributed by atoms with Gasteiger partial charge in [-0.2, -0.15) is 0 Å². The van der Waals surface area contributed by atoms with Crippen molar-refractivity contribution < 1.29 is 13.5 Å². The molecule has 0 bridgehead atoms. The van der Waals surface area contributed by atoms with E-state index in [0.29, 0.717) is 16.3 Å². The third kappa shape index (κ3) is 6.59. The Bertz CT molecular complexity index is 1170. The second-order valence-electron chi connectivity index (χ2n) is 6.99. The molecule has 2 aromatic carbocycles. The number of benzene rings is 2. The zero-order valence-electron chi connectivity index (χ0n) is 18.6. The molecule has 0 atom stereocenters. The molecule has 0 saturated heterocycles. The standard InChI is InChI=1S/C25H19ClF2N2O.C2H6/c26-22-13-24(23(28)11-19(22)16-31-21-12-20(27)14-29-15-21)30-25(17-7-3-1-4-8-17)18-9-5-2-6-10-18;1-2/h1,3-5,7-15H,2,6,16H2;1-2H3. The molecule has 0 amide bonds. The molecule has 6 heteroatoms. The summed E-state index contributed by atoms with van der Waals surface area (Å²) in [5.74, 6) is -0.797. The van der Waals surface area contributed by atoms with Crippen molar-refractivity contribution in [3.8, 4) is 5.75 Å². The SMILES string of the molecule is CC.Fc1cncc(OCc2cc(F)c(N=C(C3=CCCC=C3)c3ccccc3)cc2Cl)c1. The summed E-state index contributed by atoms with van der Waals surface area (Å²) in [6.45, 7) is 3.98. The number of allylic oxidation sites excluding steroid dienone is 4. The molecule has 3 nitrogen and oxygen atoms in total. The molecule has 0 saturated carbocycles. The summed E-state index contributed by atoms with van der Waals surface area (Å²) < 4.78 is 33.7. The average Bonchev–Trinajstić information content (AvgIpc) is 2.86. The van der Waals surface area contributed by atoms with Crippen LogP contribution in [0.4, 0.5) is 14.5 Å². The first-order chi connectivity index (χ1) is 16.1. The van der Waals surface area contributed by atoms with Crippen molar-refractivity contribution in [2.75, 3.05) is 0 Å². The van der Waals surface area contributed by atoms with Crippen LogP contribution in [0, 0.1) is 11.6 Å². The predicted molar refractivity (Wildman–Crippen MR) is 130 cm³/mol. The van der Waals surface area contributed by atoms with Gasteiger partial charge >= 0.3 is 0 Å². The van der Waals surface area contributed by atoms with Crippen molar-refractivity contribution in [1.29, 1.82) is 0 Å². The second kappa shape index (κ2) is 12.1. The minimum atomic E-state index is -0.519. The molecule has 0 N–H and O–H groups in total. The van der Waals surface area contributed by atoms with E-state index >= 15 is 0 Å². The normalized spacial score (nSPS) is 13.1. The Morgan fingerprint density at radius 3 is 2.55 bits per heavy atom. The van der Waals surface area contributed by atoms with Gasteiger partial charge in [0.25, 0.3) is 0 Å². The van der Waals surface area contributed by atoms with Crippen molar-refractivity contribution in [3.63, 3.8) is 0 Å². The number of pyridine rings is 1. The van der Waals surface area contributed by atoms with Gasteiger partial charge in [0.05, 0.1) is 18.1 Å². The van der Waals surface area contributed by atoms with Crippen molar-refractivity contribution in [1.82, 2.24) is 4.98 Å². The van der Waals surface area contributed by atoms with E-state index in [0.717, 1.165) is 30.2 Å². The van der Waals surface area contributed by atoms with E-state index in [-0.39, 0.29) is 18.0 Å². The number of halogens is 3. The highest BCUT2D eigenvalue weighted by atomic mass is 35.5. The summed E-state index contributed by atoms with van der Waals surface area (Å²) in [5.41, 5.74) is 3.09. The molecule has 1 aromatic heterocycles. The number of hydrogen-bond acceptors (Lipinski definition) is 3. The molecule has 3 aromatic rings. The van der Waals surface area contributed by atoms with E-state index < -0.39 is 11.6 Å². The van der Waals surface area contributed by atoms with Crippen LogP contribution in [0.5, 0.6) is 5.75 Å². The zero-order chi connectivity index (χ0) is 23.6. The van der Waals surface area contributed by atoms with Gasteiger partial charge in [0, 0.05) is 22.2 Å². The third-order valence-electron chi connectivity index (χ3n) is 4.74. The summed E-state index contributed by atoms with van der Waals surface area (Å²) >= 11 is 6.38. The van der Waals surface area contributed by atoms with Gasteiger partial charge in [0.2, 0.25) is 0 Å². The van der Waals surface area contributed by atoms with E-state index in [4.69, 9.17) is 16.3 Å². The number of aliphatic imine (C=N–C) groups is 1. The van der Waals surface area contributed by atoms with Crippen LogP contribution in [-0.2, 0) is 6.61 Å². The van der Waals surface area contributed by atoms with Crippen LogP contribution in [0.2, 0.25) is 5.02 Å². The van der Waals surface area contributed by atoms with Crippen molar-refractivity contribution in [3.05, 3.63) is 113 Å². The molecule has 4 rings (SSSR count). The van der Waals surface area contributed by atoms with E-state index in [9.17, 15) is 8.78 Å². The average molecular weight is 467 g/mol. The monoisotopic (exact) mass is 466 g/mol. The van der Waals surface area contributed by atoms with E-state index in [2.05, 4.69) is 22.1 Å². The van der Waals surface area contributed by atoms with Crippen LogP contribution in [-0.4, -0.2) is 10.7 Å². The molecule has 1 aliphatic rings. The van der Waals surface area contributed by atoms with Gasteiger partial charge in [-0.25, -0.2) is 13.8 Å². The summed E-state index contributed by atoms with van der Waals surface area (Å²) in [6.07, 6.45) is 10.5. The fourth-order valence-electron chi connectivity index (χ4n) is 3.21. The van der Waals surface area contributed by atoms with Gasteiger partial charge in [-0.1, -0.05) is 74.0 Å². The molecular formula is C27H25ClF2N2O. The van der Waals surface area contributed by atoms with E-state index in [1.807, 2.05) is 50.3 Å². The first-order valence-electron chi connectivity index (χ1n) is 10.8. The Hall–Kier alpha value is -3.31. The Balaban J connectivity index is 0.00000149. The van der Waals surface area contributed by atoms with Gasteiger partial charge < -0.3 is 4.74 Å². The molecule has 0 aliphatic heterocycles. The van der Waals surface area contributed by atoms with Crippen LogP contribution in [0.15, 0.2) is 89.7 Å². The number of hydrogen-bond donors (Lipinski definition) is 0. The molecule has 0 unspecified atom stereocenters. The fourth-order valence-corrected chi connectivity index (χ4v) is 3.42. The zero-order valence-corrected chi connectivity index (χ0v) is 19.3. The molecule has 0 radical (unpaired) electrons. The minimum Gasteiger partial charge on any atom is -0.487 e. The van der Waals surface area contributed by atoms with Crippen molar-refractivity contribution in [2.45, 2.75) is 33.3 Å². The maximum Gasteiger partial charge on any atom is 0.149 e. The molecule has 170 valence electrons. The molecule has 1 aliphatic carbocycles. The summed E-state index contributed by atoms with van der Waals surface area (Å²) in [5, 5.41) is 0.310. The lowest BCUT2D eigenvalue weighted by Crippen LogP contribution is -2.05. The van der Waals surface area contributed by atoms with Gasteiger partial charge in [0.1, 0.15) is 29.7 Å². The topological polar surface area (TPSA) is 34.5 Å². The Morgan fingerprint density at radius 1 is 1.06 bits per heavy atom. The Kier molecular flexibility index (Phi) is 8.90. The maximum atomic E-state index is 14.9. The minimum absolute atomic E-state index is 0.0235. The molecule has 1 heterocycles. The van der Waals surface area contributed by atoms with Crippen LogP contribution >= 0.6 is 11.6 Å². The fraction of sp³-hybridized carbons (Fsp3) is 0.185. The van der Waals surface area contributed by atoms with Crippen LogP contribution in [0.25, 0.3) is 0 Å². The second-order valence-corrected chi connectivity index (χ2v) is 7.40. The highest BCUT2D eigenvalue weighted by Gasteiger charge is 2.14. The van der Waals surface area contributed by atoms with Crippen molar-refractivity contribution in [2.24, 2.45) is 4.99 Å². The summed E-state index contributed by atoms with van der Waals surface area (Å²) in [7, 11) is 0. The molecule has 33 heavy (non-hydrogen) atoms. The highest BCUT2D eigenvalue weighted by molar-refractivity contribution is 6.31. The molecular weight excluding hydrogens is 442 g/mol.